The first-order valence-electron chi connectivity index (χ1n) is 9.31. The van der Waals surface area contributed by atoms with Crippen molar-refractivity contribution in [2.75, 3.05) is 32.7 Å². The predicted molar refractivity (Wildman–Crippen MR) is 103 cm³/mol. The molecule has 1 saturated heterocycles. The van der Waals surface area contributed by atoms with Crippen LogP contribution < -0.4 is 10.2 Å². The highest BCUT2D eigenvalue weighted by atomic mass is 32.2. The van der Waals surface area contributed by atoms with Gasteiger partial charge in [0.2, 0.25) is 10.0 Å². The molecular weight excluding hydrogens is 350 g/mol. The van der Waals surface area contributed by atoms with E-state index < -0.39 is 10.0 Å². The van der Waals surface area contributed by atoms with E-state index in [1.807, 2.05) is 32.9 Å². The third-order valence-corrected chi connectivity index (χ3v) is 7.23. The molecular formula is C19H32N3O3S+. The van der Waals surface area contributed by atoms with E-state index in [0.29, 0.717) is 43.5 Å². The van der Waals surface area contributed by atoms with Crippen molar-refractivity contribution >= 4 is 15.9 Å². The number of nitrogens with one attached hydrogen (secondary N) is 2. The maximum absolute atomic E-state index is 12.9. The van der Waals surface area contributed by atoms with Crippen LogP contribution in [-0.4, -0.2) is 57.4 Å². The molecule has 0 spiro atoms. The Bertz CT molecular complexity index is 738. The zero-order valence-electron chi connectivity index (χ0n) is 16.5. The van der Waals surface area contributed by atoms with Crippen molar-refractivity contribution in [3.63, 3.8) is 0 Å². The second-order valence-electron chi connectivity index (χ2n) is 7.70. The largest absolute Gasteiger partial charge is 0.348 e. The summed E-state index contributed by atoms with van der Waals surface area (Å²) in [6.07, 6.45) is 0. The number of hydrogen-bond acceptors (Lipinski definition) is 3. The van der Waals surface area contributed by atoms with E-state index in [-0.39, 0.29) is 11.9 Å². The van der Waals surface area contributed by atoms with Gasteiger partial charge in [0.25, 0.3) is 5.91 Å². The lowest BCUT2D eigenvalue weighted by Gasteiger charge is -2.32. The van der Waals surface area contributed by atoms with Crippen LogP contribution in [0.4, 0.5) is 0 Å². The van der Waals surface area contributed by atoms with Gasteiger partial charge >= 0.3 is 0 Å². The Kier molecular flexibility index (Phi) is 6.82. The monoisotopic (exact) mass is 382 g/mol. The van der Waals surface area contributed by atoms with Gasteiger partial charge in [-0.25, -0.2) is 8.42 Å². The van der Waals surface area contributed by atoms with E-state index in [0.717, 1.165) is 16.0 Å². The van der Waals surface area contributed by atoms with E-state index in [1.54, 1.807) is 10.4 Å². The molecule has 0 aliphatic carbocycles. The fourth-order valence-corrected chi connectivity index (χ4v) is 4.79. The molecule has 1 aromatic carbocycles. The summed E-state index contributed by atoms with van der Waals surface area (Å²) in [7, 11) is -3.48. The SMILES string of the molecule is Cc1ccc(C)c(S(=O)(=O)N2CC[NH+](CC(=O)N[C@@H](C)C(C)C)CC2)c1. The Labute approximate surface area is 157 Å². The minimum atomic E-state index is -3.48. The lowest BCUT2D eigenvalue weighted by molar-refractivity contribution is -0.895. The molecule has 0 saturated carbocycles. The van der Waals surface area contributed by atoms with Gasteiger partial charge in [-0.3, -0.25) is 4.79 Å². The van der Waals surface area contributed by atoms with Gasteiger partial charge in [-0.1, -0.05) is 26.0 Å². The van der Waals surface area contributed by atoms with Crippen LogP contribution in [0.5, 0.6) is 0 Å². The second kappa shape index (κ2) is 8.50. The second-order valence-corrected chi connectivity index (χ2v) is 9.61. The fourth-order valence-electron chi connectivity index (χ4n) is 3.04. The number of rotatable bonds is 6. The number of piperazine rings is 1. The summed E-state index contributed by atoms with van der Waals surface area (Å²) in [5, 5.41) is 3.02. The van der Waals surface area contributed by atoms with Crippen LogP contribution in [0.1, 0.15) is 31.9 Å². The van der Waals surface area contributed by atoms with E-state index in [1.165, 1.54) is 0 Å². The van der Waals surface area contributed by atoms with Crippen molar-refractivity contribution in [3.8, 4) is 0 Å². The Morgan fingerprint density at radius 3 is 2.38 bits per heavy atom. The quantitative estimate of drug-likeness (QED) is 0.746. The summed E-state index contributed by atoms with van der Waals surface area (Å²) in [4.78, 5) is 13.7. The minimum Gasteiger partial charge on any atom is -0.348 e. The van der Waals surface area contributed by atoms with Crippen LogP contribution >= 0.6 is 0 Å². The number of carbonyl (C=O) groups is 1. The van der Waals surface area contributed by atoms with Gasteiger partial charge in [-0.15, -0.1) is 0 Å². The third kappa shape index (κ3) is 5.05. The molecule has 1 aliphatic heterocycles. The Morgan fingerprint density at radius 2 is 1.81 bits per heavy atom. The topological polar surface area (TPSA) is 70.9 Å². The highest BCUT2D eigenvalue weighted by Crippen LogP contribution is 2.21. The molecule has 0 bridgehead atoms. The lowest BCUT2D eigenvalue weighted by atomic mass is 10.1. The highest BCUT2D eigenvalue weighted by molar-refractivity contribution is 7.89. The molecule has 1 aliphatic rings. The summed E-state index contributed by atoms with van der Waals surface area (Å²) in [5.41, 5.74) is 1.71. The first kappa shape index (κ1) is 20.9. The van der Waals surface area contributed by atoms with Crippen LogP contribution in [0.25, 0.3) is 0 Å². The molecule has 1 fully saturated rings. The molecule has 26 heavy (non-hydrogen) atoms. The van der Waals surface area contributed by atoms with E-state index in [9.17, 15) is 13.2 Å². The summed E-state index contributed by atoms with van der Waals surface area (Å²) < 4.78 is 27.4. The van der Waals surface area contributed by atoms with Gasteiger partial charge in [-0.05, 0) is 43.9 Å². The van der Waals surface area contributed by atoms with Crippen LogP contribution in [0.2, 0.25) is 0 Å². The third-order valence-electron chi connectivity index (χ3n) is 5.19. The molecule has 0 unspecified atom stereocenters. The molecule has 2 rings (SSSR count). The lowest BCUT2D eigenvalue weighted by Crippen LogP contribution is -3.15. The molecule has 7 heteroatoms. The van der Waals surface area contributed by atoms with E-state index in [2.05, 4.69) is 19.2 Å². The van der Waals surface area contributed by atoms with E-state index >= 15 is 0 Å². The normalized spacial score (nSPS) is 18.1. The number of benzene rings is 1. The van der Waals surface area contributed by atoms with Crippen molar-refractivity contribution in [1.82, 2.24) is 9.62 Å². The van der Waals surface area contributed by atoms with Crippen LogP contribution in [-0.2, 0) is 14.8 Å². The summed E-state index contributed by atoms with van der Waals surface area (Å²) in [5.74, 6) is 0.431. The molecule has 6 nitrogen and oxygen atoms in total. The van der Waals surface area contributed by atoms with Crippen molar-refractivity contribution in [2.24, 2.45) is 5.92 Å². The Hall–Kier alpha value is -1.44. The van der Waals surface area contributed by atoms with Crippen LogP contribution in [0, 0.1) is 19.8 Å². The number of amides is 1. The van der Waals surface area contributed by atoms with E-state index in [4.69, 9.17) is 0 Å². The molecule has 0 radical (unpaired) electrons. The Morgan fingerprint density at radius 1 is 1.19 bits per heavy atom. The summed E-state index contributed by atoms with van der Waals surface area (Å²) in [6.45, 7) is 12.5. The van der Waals surface area contributed by atoms with Crippen LogP contribution in [0.3, 0.4) is 0 Å². The maximum Gasteiger partial charge on any atom is 0.275 e. The van der Waals surface area contributed by atoms with Gasteiger partial charge in [0, 0.05) is 6.04 Å². The molecule has 1 amide bonds. The van der Waals surface area contributed by atoms with Crippen molar-refractivity contribution in [2.45, 2.75) is 45.6 Å². The zero-order valence-corrected chi connectivity index (χ0v) is 17.3. The van der Waals surface area contributed by atoms with Gasteiger partial charge in [0.15, 0.2) is 6.54 Å². The summed E-state index contributed by atoms with van der Waals surface area (Å²) >= 11 is 0. The molecule has 2 N–H and O–H groups in total. The number of quaternary nitrogens is 1. The predicted octanol–water partition coefficient (Wildman–Crippen LogP) is 0.353. The van der Waals surface area contributed by atoms with Crippen LogP contribution in [0.15, 0.2) is 23.1 Å². The van der Waals surface area contributed by atoms with Gasteiger partial charge in [-0.2, -0.15) is 4.31 Å². The molecule has 1 heterocycles. The number of aryl methyl sites for hydroxylation is 2. The van der Waals surface area contributed by atoms with Crippen molar-refractivity contribution < 1.29 is 18.1 Å². The van der Waals surface area contributed by atoms with Gasteiger partial charge in [0.1, 0.15) is 0 Å². The maximum atomic E-state index is 12.9. The number of nitrogens with zero attached hydrogens (tertiary/aromatic N) is 1. The number of hydrogen-bond donors (Lipinski definition) is 2. The zero-order chi connectivity index (χ0) is 19.5. The van der Waals surface area contributed by atoms with Gasteiger partial charge in [0.05, 0.1) is 31.1 Å². The minimum absolute atomic E-state index is 0.0343. The molecule has 1 aromatic rings. The summed E-state index contributed by atoms with van der Waals surface area (Å²) in [6, 6.07) is 5.66. The smallest absolute Gasteiger partial charge is 0.275 e. The number of sulfonamides is 1. The molecule has 1 atom stereocenters. The molecule has 0 aromatic heterocycles. The molecule has 146 valence electrons. The standard InChI is InChI=1S/C19H31N3O3S/c1-14(2)17(5)20-19(23)13-21-8-10-22(11-9-21)26(24,25)18-12-15(3)6-7-16(18)4/h6-7,12,14,17H,8-11,13H2,1-5H3,(H,20,23)/p+1/t17-/m0/s1. The van der Waals surface area contributed by atoms with Crippen molar-refractivity contribution in [1.29, 1.82) is 0 Å². The van der Waals surface area contributed by atoms with Gasteiger partial charge < -0.3 is 10.2 Å². The first-order valence-corrected chi connectivity index (χ1v) is 10.8. The average Bonchev–Trinajstić information content (AvgIpc) is 2.57. The highest BCUT2D eigenvalue weighted by Gasteiger charge is 2.32. The average molecular weight is 383 g/mol. The first-order chi connectivity index (χ1) is 12.1. The Balaban J connectivity index is 1.95. The van der Waals surface area contributed by atoms with Crippen molar-refractivity contribution in [3.05, 3.63) is 29.3 Å². The fraction of sp³-hybridized carbons (Fsp3) is 0.632. The number of carbonyl (C=O) groups excluding carboxylic acids is 1.